The number of aliphatic hydroxyl groups is 1. The molecule has 1 saturated heterocycles. The van der Waals surface area contributed by atoms with Gasteiger partial charge < -0.3 is 15.7 Å². The highest BCUT2D eigenvalue weighted by Crippen LogP contribution is 2.14. The van der Waals surface area contributed by atoms with Gasteiger partial charge in [-0.25, -0.2) is 4.68 Å². The lowest BCUT2D eigenvalue weighted by molar-refractivity contribution is 0.146. The lowest BCUT2D eigenvalue weighted by Gasteiger charge is -2.13. The van der Waals surface area contributed by atoms with E-state index in [0.717, 1.165) is 35.4 Å². The summed E-state index contributed by atoms with van der Waals surface area (Å²) in [5.74, 6) is 0.298. The number of β-amino-alcohol motifs (C(OH)–C–C–N with tert-alkyl or cyclic N) is 1. The van der Waals surface area contributed by atoms with Crippen molar-refractivity contribution in [2.45, 2.75) is 12.6 Å². The molecule has 2 atom stereocenters. The van der Waals surface area contributed by atoms with Crippen molar-refractivity contribution >= 4 is 15.9 Å². The lowest BCUT2D eigenvalue weighted by atomic mass is 10.1. The Balaban J connectivity index is 1.54. The third-order valence-electron chi connectivity index (χ3n) is 3.77. The highest BCUT2D eigenvalue weighted by Gasteiger charge is 2.23. The Morgan fingerprint density at radius 1 is 1.33 bits per heavy atom. The molecule has 3 N–H and O–H groups in total. The zero-order valence-corrected chi connectivity index (χ0v) is 13.3. The van der Waals surface area contributed by atoms with Crippen LogP contribution in [-0.4, -0.2) is 40.6 Å². The standard InChI is InChI=1S/C15H19BrN4O/c16-13-1-3-14(4-2-13)20-10-11(6-19-20)5-17-7-12-8-18-9-15(12)21/h1-4,6,10,12,15,17-18,21H,5,7-9H2. The van der Waals surface area contributed by atoms with E-state index in [2.05, 4.69) is 31.7 Å². The second-order valence-electron chi connectivity index (χ2n) is 5.39. The van der Waals surface area contributed by atoms with E-state index in [1.54, 1.807) is 0 Å². The summed E-state index contributed by atoms with van der Waals surface area (Å²) in [5.41, 5.74) is 2.18. The molecule has 5 nitrogen and oxygen atoms in total. The van der Waals surface area contributed by atoms with Gasteiger partial charge in [-0.3, -0.25) is 0 Å². The molecule has 2 aromatic rings. The quantitative estimate of drug-likeness (QED) is 0.760. The SMILES string of the molecule is OC1CNCC1CNCc1cnn(-c2ccc(Br)cc2)c1. The fraction of sp³-hybridized carbons (Fsp3) is 0.400. The van der Waals surface area contributed by atoms with E-state index in [-0.39, 0.29) is 6.10 Å². The molecule has 21 heavy (non-hydrogen) atoms. The molecule has 1 aromatic heterocycles. The van der Waals surface area contributed by atoms with Crippen LogP contribution in [0, 0.1) is 5.92 Å². The first kappa shape index (κ1) is 14.7. The molecular weight excluding hydrogens is 332 g/mol. The Morgan fingerprint density at radius 2 is 2.14 bits per heavy atom. The van der Waals surface area contributed by atoms with Crippen LogP contribution in [0.2, 0.25) is 0 Å². The fourth-order valence-electron chi connectivity index (χ4n) is 2.52. The zero-order chi connectivity index (χ0) is 14.7. The van der Waals surface area contributed by atoms with Gasteiger partial charge in [0.05, 0.1) is 18.0 Å². The first-order chi connectivity index (χ1) is 10.2. The molecule has 1 fully saturated rings. The van der Waals surface area contributed by atoms with Crippen LogP contribution in [0.1, 0.15) is 5.56 Å². The number of aromatic nitrogens is 2. The summed E-state index contributed by atoms with van der Waals surface area (Å²) in [5, 5.41) is 20.7. The topological polar surface area (TPSA) is 62.1 Å². The largest absolute Gasteiger partial charge is 0.391 e. The second kappa shape index (κ2) is 6.70. The van der Waals surface area contributed by atoms with Crippen molar-refractivity contribution in [3.8, 4) is 5.69 Å². The minimum absolute atomic E-state index is 0.233. The van der Waals surface area contributed by atoms with E-state index in [1.165, 1.54) is 0 Å². The van der Waals surface area contributed by atoms with Crippen molar-refractivity contribution in [1.29, 1.82) is 0 Å². The summed E-state index contributed by atoms with van der Waals surface area (Å²) < 4.78 is 2.93. The van der Waals surface area contributed by atoms with Gasteiger partial charge in [-0.05, 0) is 24.3 Å². The summed E-state index contributed by atoms with van der Waals surface area (Å²) >= 11 is 3.43. The van der Waals surface area contributed by atoms with Crippen LogP contribution in [0.15, 0.2) is 41.1 Å². The van der Waals surface area contributed by atoms with E-state index in [1.807, 2.05) is 41.3 Å². The number of aliphatic hydroxyl groups excluding tert-OH is 1. The normalized spacial score (nSPS) is 21.8. The van der Waals surface area contributed by atoms with Crippen LogP contribution in [0.25, 0.3) is 5.69 Å². The van der Waals surface area contributed by atoms with Gasteiger partial charge >= 0.3 is 0 Å². The van der Waals surface area contributed by atoms with Gasteiger partial charge in [-0.1, -0.05) is 15.9 Å². The summed E-state index contributed by atoms with van der Waals surface area (Å²) in [7, 11) is 0. The minimum Gasteiger partial charge on any atom is -0.391 e. The lowest BCUT2D eigenvalue weighted by Crippen LogP contribution is -2.30. The number of nitrogens with zero attached hydrogens (tertiary/aromatic N) is 2. The Hall–Kier alpha value is -1.21. The predicted molar refractivity (Wildman–Crippen MR) is 85.3 cm³/mol. The fourth-order valence-corrected chi connectivity index (χ4v) is 2.78. The molecule has 2 unspecified atom stereocenters. The van der Waals surface area contributed by atoms with Gasteiger partial charge in [0.15, 0.2) is 0 Å². The maximum Gasteiger partial charge on any atom is 0.0716 e. The summed E-state index contributed by atoms with van der Waals surface area (Å²) in [6.45, 7) is 3.16. The molecule has 0 bridgehead atoms. The average Bonchev–Trinajstić information content (AvgIpc) is 3.10. The number of halogens is 1. The van der Waals surface area contributed by atoms with E-state index >= 15 is 0 Å². The highest BCUT2D eigenvalue weighted by molar-refractivity contribution is 9.10. The van der Waals surface area contributed by atoms with Crippen molar-refractivity contribution in [3.05, 3.63) is 46.7 Å². The second-order valence-corrected chi connectivity index (χ2v) is 6.30. The van der Waals surface area contributed by atoms with Gasteiger partial charge in [-0.2, -0.15) is 5.10 Å². The van der Waals surface area contributed by atoms with Crippen molar-refractivity contribution in [2.75, 3.05) is 19.6 Å². The van der Waals surface area contributed by atoms with Crippen LogP contribution >= 0.6 is 15.9 Å². The molecule has 1 aliphatic heterocycles. The number of benzene rings is 1. The van der Waals surface area contributed by atoms with Crippen LogP contribution in [0.3, 0.4) is 0 Å². The summed E-state index contributed by atoms with van der Waals surface area (Å²) in [4.78, 5) is 0. The van der Waals surface area contributed by atoms with Crippen LogP contribution in [0.4, 0.5) is 0 Å². The van der Waals surface area contributed by atoms with E-state index in [4.69, 9.17) is 0 Å². The molecule has 2 heterocycles. The third kappa shape index (κ3) is 3.71. The Labute approximate surface area is 132 Å². The summed E-state index contributed by atoms with van der Waals surface area (Å²) in [6.07, 6.45) is 3.67. The van der Waals surface area contributed by atoms with Gasteiger partial charge in [-0.15, -0.1) is 0 Å². The van der Waals surface area contributed by atoms with Crippen molar-refractivity contribution in [3.63, 3.8) is 0 Å². The maximum atomic E-state index is 9.74. The van der Waals surface area contributed by atoms with Crippen molar-refractivity contribution in [1.82, 2.24) is 20.4 Å². The third-order valence-corrected chi connectivity index (χ3v) is 4.30. The number of hydrogen-bond donors (Lipinski definition) is 3. The van der Waals surface area contributed by atoms with Crippen molar-refractivity contribution < 1.29 is 5.11 Å². The molecule has 1 aromatic carbocycles. The monoisotopic (exact) mass is 350 g/mol. The molecule has 0 aliphatic carbocycles. The van der Waals surface area contributed by atoms with Gasteiger partial charge in [0, 0.05) is 48.3 Å². The van der Waals surface area contributed by atoms with E-state index in [0.29, 0.717) is 12.5 Å². The molecule has 3 rings (SSSR count). The van der Waals surface area contributed by atoms with Gasteiger partial charge in [0.1, 0.15) is 0 Å². The molecule has 0 spiro atoms. The predicted octanol–water partition coefficient (Wildman–Crippen LogP) is 1.30. The number of nitrogens with one attached hydrogen (secondary N) is 2. The minimum atomic E-state index is -0.233. The highest BCUT2D eigenvalue weighted by atomic mass is 79.9. The molecule has 0 radical (unpaired) electrons. The van der Waals surface area contributed by atoms with Crippen LogP contribution < -0.4 is 10.6 Å². The molecule has 1 aliphatic rings. The number of hydrogen-bond acceptors (Lipinski definition) is 4. The zero-order valence-electron chi connectivity index (χ0n) is 11.7. The summed E-state index contributed by atoms with van der Waals surface area (Å²) in [6, 6.07) is 8.05. The first-order valence-electron chi connectivity index (χ1n) is 7.11. The molecule has 112 valence electrons. The Kier molecular flexibility index (Phi) is 4.70. The smallest absolute Gasteiger partial charge is 0.0716 e. The van der Waals surface area contributed by atoms with E-state index in [9.17, 15) is 5.11 Å². The average molecular weight is 351 g/mol. The molecule has 6 heteroatoms. The Bertz CT molecular complexity index is 584. The van der Waals surface area contributed by atoms with Crippen LogP contribution in [0.5, 0.6) is 0 Å². The van der Waals surface area contributed by atoms with Crippen LogP contribution in [-0.2, 0) is 6.54 Å². The maximum absolute atomic E-state index is 9.74. The number of rotatable bonds is 5. The van der Waals surface area contributed by atoms with E-state index < -0.39 is 0 Å². The molecular formula is C15H19BrN4O. The van der Waals surface area contributed by atoms with Gasteiger partial charge in [0.2, 0.25) is 0 Å². The van der Waals surface area contributed by atoms with Gasteiger partial charge in [0.25, 0.3) is 0 Å². The first-order valence-corrected chi connectivity index (χ1v) is 7.90. The molecule has 0 saturated carbocycles. The Morgan fingerprint density at radius 3 is 2.86 bits per heavy atom. The van der Waals surface area contributed by atoms with Crippen molar-refractivity contribution in [2.24, 2.45) is 5.92 Å². The molecule has 0 amide bonds.